The van der Waals surface area contributed by atoms with Crippen LogP contribution in [0.4, 0.5) is 13.2 Å². The van der Waals surface area contributed by atoms with Crippen molar-refractivity contribution in [3.63, 3.8) is 0 Å². The molecule has 0 saturated carbocycles. The standard InChI is InChI=1S/C17H20F3N3O3/c18-17(19,20)12-26-11-9-21-15(24)6-7-16(25)23-10-8-14(22-23)13-4-2-1-3-5-13/h1-5H,6-12H2,(H,21,24). The third kappa shape index (κ3) is 6.83. The van der Waals surface area contributed by atoms with E-state index in [0.717, 1.165) is 11.3 Å². The molecule has 6 nitrogen and oxygen atoms in total. The fourth-order valence-corrected chi connectivity index (χ4v) is 2.36. The Hall–Kier alpha value is -2.42. The Bertz CT molecular complexity index is 648. The van der Waals surface area contributed by atoms with E-state index in [2.05, 4.69) is 15.2 Å². The molecule has 2 amide bonds. The second-order valence-corrected chi connectivity index (χ2v) is 5.70. The number of amides is 2. The first-order valence-corrected chi connectivity index (χ1v) is 8.19. The van der Waals surface area contributed by atoms with Crippen LogP contribution in [-0.4, -0.2) is 55.0 Å². The Labute approximate surface area is 149 Å². The fraction of sp³-hybridized carbons (Fsp3) is 0.471. The number of halogens is 3. The van der Waals surface area contributed by atoms with Crippen LogP contribution < -0.4 is 5.32 Å². The highest BCUT2D eigenvalue weighted by Gasteiger charge is 2.27. The third-order valence-electron chi connectivity index (χ3n) is 3.60. The third-order valence-corrected chi connectivity index (χ3v) is 3.60. The predicted octanol–water partition coefficient (Wildman–Crippen LogP) is 2.10. The van der Waals surface area contributed by atoms with Crippen molar-refractivity contribution in [1.82, 2.24) is 10.3 Å². The Balaban J connectivity index is 1.66. The van der Waals surface area contributed by atoms with Crippen LogP contribution in [0.25, 0.3) is 0 Å². The maximum absolute atomic E-state index is 12.1. The van der Waals surface area contributed by atoms with Crippen LogP contribution in [0.5, 0.6) is 0 Å². The normalized spacial score (nSPS) is 14.3. The first-order valence-electron chi connectivity index (χ1n) is 8.19. The van der Waals surface area contributed by atoms with Crippen molar-refractivity contribution in [2.75, 3.05) is 26.3 Å². The summed E-state index contributed by atoms with van der Waals surface area (Å²) < 4.78 is 40.0. The second-order valence-electron chi connectivity index (χ2n) is 5.70. The Morgan fingerprint density at radius 2 is 1.92 bits per heavy atom. The van der Waals surface area contributed by atoms with Gasteiger partial charge < -0.3 is 10.1 Å². The van der Waals surface area contributed by atoms with E-state index in [1.54, 1.807) is 0 Å². The van der Waals surface area contributed by atoms with Crippen LogP contribution in [0.3, 0.4) is 0 Å². The van der Waals surface area contributed by atoms with Gasteiger partial charge in [0.1, 0.15) is 6.61 Å². The zero-order chi connectivity index (χ0) is 19.0. The number of hydrogen-bond donors (Lipinski definition) is 1. The minimum absolute atomic E-state index is 0.0131. The van der Waals surface area contributed by atoms with Crippen molar-refractivity contribution < 1.29 is 27.5 Å². The summed E-state index contributed by atoms with van der Waals surface area (Å²) >= 11 is 0. The van der Waals surface area contributed by atoms with E-state index in [-0.39, 0.29) is 31.9 Å². The Kier molecular flexibility index (Phi) is 7.14. The van der Waals surface area contributed by atoms with Crippen LogP contribution >= 0.6 is 0 Å². The van der Waals surface area contributed by atoms with Crippen LogP contribution in [0.15, 0.2) is 35.4 Å². The highest BCUT2D eigenvalue weighted by atomic mass is 19.4. The number of ether oxygens (including phenoxy) is 1. The molecule has 2 rings (SSSR count). The maximum Gasteiger partial charge on any atom is 0.411 e. The van der Waals surface area contributed by atoms with Gasteiger partial charge in [-0.1, -0.05) is 30.3 Å². The van der Waals surface area contributed by atoms with E-state index in [9.17, 15) is 22.8 Å². The van der Waals surface area contributed by atoms with Crippen molar-refractivity contribution in [2.45, 2.75) is 25.4 Å². The highest BCUT2D eigenvalue weighted by molar-refractivity contribution is 6.02. The molecule has 0 unspecified atom stereocenters. The predicted molar refractivity (Wildman–Crippen MR) is 88.4 cm³/mol. The van der Waals surface area contributed by atoms with Crippen molar-refractivity contribution in [3.05, 3.63) is 35.9 Å². The zero-order valence-electron chi connectivity index (χ0n) is 14.1. The number of nitrogens with one attached hydrogen (secondary N) is 1. The molecule has 0 bridgehead atoms. The van der Waals surface area contributed by atoms with E-state index in [4.69, 9.17) is 0 Å². The second kappa shape index (κ2) is 9.33. The van der Waals surface area contributed by atoms with Crippen molar-refractivity contribution in [3.8, 4) is 0 Å². The number of hydrogen-bond acceptors (Lipinski definition) is 4. The Morgan fingerprint density at radius 3 is 2.62 bits per heavy atom. The summed E-state index contributed by atoms with van der Waals surface area (Å²) in [5.74, 6) is -0.681. The summed E-state index contributed by atoms with van der Waals surface area (Å²) in [4.78, 5) is 23.7. The molecule has 0 aromatic heterocycles. The quantitative estimate of drug-likeness (QED) is 0.712. The molecule has 1 aromatic rings. The molecule has 0 fully saturated rings. The largest absolute Gasteiger partial charge is 0.411 e. The van der Waals surface area contributed by atoms with Crippen molar-refractivity contribution in [2.24, 2.45) is 5.10 Å². The maximum atomic E-state index is 12.1. The number of carbonyl (C=O) groups is 2. The van der Waals surface area contributed by atoms with Gasteiger partial charge in [0.25, 0.3) is 0 Å². The summed E-state index contributed by atoms with van der Waals surface area (Å²) in [5.41, 5.74) is 1.78. The lowest BCUT2D eigenvalue weighted by Gasteiger charge is -2.11. The van der Waals surface area contributed by atoms with Crippen molar-refractivity contribution >= 4 is 17.5 Å². The van der Waals surface area contributed by atoms with Gasteiger partial charge >= 0.3 is 6.18 Å². The van der Waals surface area contributed by atoms with Crippen molar-refractivity contribution in [1.29, 1.82) is 0 Å². The van der Waals surface area contributed by atoms with Gasteiger partial charge in [0.15, 0.2) is 0 Å². The van der Waals surface area contributed by atoms with Gasteiger partial charge in [-0.2, -0.15) is 18.3 Å². The molecule has 0 spiro atoms. The number of benzene rings is 1. The molecule has 1 aromatic carbocycles. The van der Waals surface area contributed by atoms with E-state index < -0.39 is 18.7 Å². The summed E-state index contributed by atoms with van der Waals surface area (Å²) in [6.45, 7) is -1.16. The molecular weight excluding hydrogens is 351 g/mol. The van der Waals surface area contributed by atoms with Gasteiger partial charge in [-0.15, -0.1) is 0 Å². The smallest absolute Gasteiger partial charge is 0.370 e. The fourth-order valence-electron chi connectivity index (χ4n) is 2.36. The first kappa shape index (κ1) is 19.9. The first-order chi connectivity index (χ1) is 12.3. The van der Waals surface area contributed by atoms with Crippen LogP contribution in [0, 0.1) is 0 Å². The Morgan fingerprint density at radius 1 is 1.19 bits per heavy atom. The number of alkyl halides is 3. The molecule has 9 heteroatoms. The minimum atomic E-state index is -4.38. The monoisotopic (exact) mass is 371 g/mol. The summed E-state index contributed by atoms with van der Waals surface area (Å²) in [7, 11) is 0. The molecule has 1 heterocycles. The van der Waals surface area contributed by atoms with Gasteiger partial charge in [0, 0.05) is 25.8 Å². The van der Waals surface area contributed by atoms with Gasteiger partial charge in [-0.25, -0.2) is 5.01 Å². The number of nitrogens with zero attached hydrogens (tertiary/aromatic N) is 2. The van der Waals surface area contributed by atoms with Crippen LogP contribution in [-0.2, 0) is 14.3 Å². The number of carbonyl (C=O) groups excluding carboxylic acids is 2. The highest BCUT2D eigenvalue weighted by Crippen LogP contribution is 2.15. The van der Waals surface area contributed by atoms with Crippen LogP contribution in [0.2, 0.25) is 0 Å². The topological polar surface area (TPSA) is 71.0 Å². The average molecular weight is 371 g/mol. The molecule has 1 aliphatic heterocycles. The van der Waals surface area contributed by atoms with Gasteiger partial charge in [0.05, 0.1) is 18.9 Å². The zero-order valence-corrected chi connectivity index (χ0v) is 14.1. The molecule has 1 aliphatic rings. The van der Waals surface area contributed by atoms with Gasteiger partial charge in [-0.05, 0) is 5.56 Å². The minimum Gasteiger partial charge on any atom is -0.370 e. The number of hydrazone groups is 1. The number of rotatable bonds is 8. The van der Waals surface area contributed by atoms with Crippen LogP contribution in [0.1, 0.15) is 24.8 Å². The van der Waals surface area contributed by atoms with E-state index in [0.29, 0.717) is 13.0 Å². The SMILES string of the molecule is O=C(CCC(=O)N1CCC(c2ccccc2)=N1)NCCOCC(F)(F)F. The molecule has 0 aliphatic carbocycles. The molecule has 0 atom stereocenters. The molecule has 1 N–H and O–H groups in total. The summed E-state index contributed by atoms with van der Waals surface area (Å²) in [5, 5.41) is 8.05. The lowest BCUT2D eigenvalue weighted by atomic mass is 10.1. The molecule has 0 saturated heterocycles. The van der Waals surface area contributed by atoms with E-state index in [1.165, 1.54) is 5.01 Å². The average Bonchev–Trinajstić information content (AvgIpc) is 3.09. The lowest BCUT2D eigenvalue weighted by Crippen LogP contribution is -2.30. The summed E-state index contributed by atoms with van der Waals surface area (Å²) in [6, 6.07) is 9.52. The van der Waals surface area contributed by atoms with E-state index >= 15 is 0 Å². The van der Waals surface area contributed by atoms with Gasteiger partial charge in [-0.3, -0.25) is 9.59 Å². The summed E-state index contributed by atoms with van der Waals surface area (Å²) in [6.07, 6.45) is -3.80. The molecule has 26 heavy (non-hydrogen) atoms. The van der Waals surface area contributed by atoms with E-state index in [1.807, 2.05) is 30.3 Å². The molecule has 0 radical (unpaired) electrons. The molecular formula is C17H20F3N3O3. The van der Waals surface area contributed by atoms with Gasteiger partial charge in [0.2, 0.25) is 11.8 Å². The lowest BCUT2D eigenvalue weighted by molar-refractivity contribution is -0.173. The molecule has 142 valence electrons.